The van der Waals surface area contributed by atoms with Crippen LogP contribution < -0.4 is 10.6 Å². The molecule has 0 aliphatic heterocycles. The summed E-state index contributed by atoms with van der Waals surface area (Å²) in [4.78, 5) is 29.0. The van der Waals surface area contributed by atoms with Gasteiger partial charge < -0.3 is 25.1 Å². The topological polar surface area (TPSA) is 116 Å². The van der Waals surface area contributed by atoms with Crippen molar-refractivity contribution in [3.8, 4) is 17.2 Å². The van der Waals surface area contributed by atoms with Crippen LogP contribution in [0.4, 0.5) is 10.5 Å². The molecule has 1 aromatic heterocycles. The van der Waals surface area contributed by atoms with Gasteiger partial charge >= 0.3 is 12.1 Å². The third-order valence-electron chi connectivity index (χ3n) is 6.76. The number of hydrogen-bond donors (Lipinski definition) is 3. The number of amides is 1. The molecule has 0 spiro atoms. The molecule has 2 atom stereocenters. The molecule has 0 radical (unpaired) electrons. The molecule has 0 aliphatic carbocycles. The number of aromatic nitrogens is 1. The van der Waals surface area contributed by atoms with Gasteiger partial charge in [-0.3, -0.25) is 0 Å². The number of esters is 1. The van der Waals surface area contributed by atoms with Crippen LogP contribution in [0.15, 0.2) is 72.9 Å². The fraction of sp³-hybridized carbons (Fsp3) is 0.303. The van der Waals surface area contributed by atoms with Crippen LogP contribution in [-0.2, 0) is 22.3 Å². The van der Waals surface area contributed by atoms with Crippen molar-refractivity contribution in [1.29, 1.82) is 5.26 Å². The first kappa shape index (κ1) is 29.2. The summed E-state index contributed by atoms with van der Waals surface area (Å²) in [5.74, 6) is -0.536. The predicted octanol–water partition coefficient (Wildman–Crippen LogP) is 6.62. The molecule has 8 heteroatoms. The lowest BCUT2D eigenvalue weighted by Gasteiger charge is -2.27. The van der Waals surface area contributed by atoms with Gasteiger partial charge in [0.2, 0.25) is 0 Å². The number of methoxy groups -OCH3 is 1. The van der Waals surface area contributed by atoms with E-state index in [1.165, 1.54) is 12.7 Å². The van der Waals surface area contributed by atoms with Crippen LogP contribution in [0, 0.1) is 11.3 Å². The average molecular weight is 553 g/mol. The van der Waals surface area contributed by atoms with E-state index in [1.54, 1.807) is 32.9 Å². The van der Waals surface area contributed by atoms with Crippen molar-refractivity contribution in [2.45, 2.75) is 58.2 Å². The van der Waals surface area contributed by atoms with Gasteiger partial charge in [0.1, 0.15) is 11.6 Å². The fourth-order valence-electron chi connectivity index (χ4n) is 4.74. The monoisotopic (exact) mass is 552 g/mol. The van der Waals surface area contributed by atoms with E-state index in [9.17, 15) is 14.9 Å². The number of anilines is 1. The molecule has 3 aromatic carbocycles. The number of rotatable bonds is 9. The number of aromatic amines is 1. The SMILES string of the molecule is CCc1cccc(-c2ccc(NC(C#N)[C@H](Cc3c[nH]c4ccccc34)NC(=O)OC(C)(C)C)c(C(=O)OC)c2)c1. The van der Waals surface area contributed by atoms with Crippen molar-refractivity contribution in [1.82, 2.24) is 10.3 Å². The minimum absolute atomic E-state index is 0.287. The van der Waals surface area contributed by atoms with Crippen LogP contribution in [0.2, 0.25) is 0 Å². The highest BCUT2D eigenvalue weighted by Crippen LogP contribution is 2.28. The lowest BCUT2D eigenvalue weighted by Crippen LogP contribution is -2.49. The van der Waals surface area contributed by atoms with Gasteiger partial charge in [0.15, 0.2) is 0 Å². The summed E-state index contributed by atoms with van der Waals surface area (Å²) < 4.78 is 10.6. The Kier molecular flexibility index (Phi) is 8.98. The van der Waals surface area contributed by atoms with Gasteiger partial charge in [0.05, 0.1) is 24.8 Å². The number of benzene rings is 3. The molecule has 212 valence electrons. The van der Waals surface area contributed by atoms with Crippen molar-refractivity contribution in [3.63, 3.8) is 0 Å². The Balaban J connectivity index is 1.69. The van der Waals surface area contributed by atoms with Crippen LogP contribution in [-0.4, -0.2) is 41.8 Å². The number of hydrogen-bond acceptors (Lipinski definition) is 6. The van der Waals surface area contributed by atoms with Crippen LogP contribution >= 0.6 is 0 Å². The van der Waals surface area contributed by atoms with Crippen LogP contribution in [0.1, 0.15) is 49.2 Å². The second-order valence-corrected chi connectivity index (χ2v) is 10.9. The minimum Gasteiger partial charge on any atom is -0.465 e. The van der Waals surface area contributed by atoms with Crippen LogP contribution in [0.25, 0.3) is 22.0 Å². The van der Waals surface area contributed by atoms with Gasteiger partial charge in [-0.1, -0.05) is 55.5 Å². The van der Waals surface area contributed by atoms with Gasteiger partial charge in [-0.2, -0.15) is 5.26 Å². The second kappa shape index (κ2) is 12.6. The van der Waals surface area contributed by atoms with E-state index in [2.05, 4.69) is 40.7 Å². The van der Waals surface area contributed by atoms with Crippen LogP contribution in [0.3, 0.4) is 0 Å². The first-order chi connectivity index (χ1) is 19.6. The number of fused-ring (bicyclic) bond motifs is 1. The molecule has 0 fully saturated rings. The standard InChI is InChI=1S/C33H36N4O4/c1-6-21-10-9-11-22(16-21)23-14-15-28(26(17-23)31(38)40-5)36-30(19-34)29(37-32(39)41-33(2,3)4)18-24-20-35-27-13-8-7-12-25(24)27/h7-17,20,29-30,35-36H,6,18H2,1-5H3,(H,37,39)/t29-,30?/m0/s1. The van der Waals surface area contributed by atoms with Gasteiger partial charge in [-0.15, -0.1) is 0 Å². The Morgan fingerprint density at radius 3 is 2.49 bits per heavy atom. The molecule has 1 amide bonds. The number of carbonyl (C=O) groups is 2. The molecule has 1 unspecified atom stereocenters. The quantitative estimate of drug-likeness (QED) is 0.201. The van der Waals surface area contributed by atoms with Gasteiger partial charge in [-0.05, 0) is 74.1 Å². The van der Waals surface area contributed by atoms with Crippen molar-refractivity contribution in [2.75, 3.05) is 12.4 Å². The minimum atomic E-state index is -0.908. The first-order valence-corrected chi connectivity index (χ1v) is 13.6. The second-order valence-electron chi connectivity index (χ2n) is 10.9. The van der Waals surface area contributed by atoms with E-state index < -0.39 is 29.7 Å². The largest absolute Gasteiger partial charge is 0.465 e. The Labute approximate surface area is 240 Å². The molecule has 3 N–H and O–H groups in total. The number of carbonyl (C=O) groups excluding carboxylic acids is 2. The van der Waals surface area contributed by atoms with E-state index in [-0.39, 0.29) is 5.56 Å². The van der Waals surface area contributed by atoms with Crippen molar-refractivity contribution in [3.05, 3.63) is 89.6 Å². The Bertz CT molecular complexity index is 1580. The molecule has 41 heavy (non-hydrogen) atoms. The van der Waals surface area contributed by atoms with E-state index in [0.29, 0.717) is 12.1 Å². The van der Waals surface area contributed by atoms with E-state index in [0.717, 1.165) is 34.0 Å². The zero-order valence-corrected chi connectivity index (χ0v) is 24.1. The smallest absolute Gasteiger partial charge is 0.407 e. The molecule has 0 bridgehead atoms. The summed E-state index contributed by atoms with van der Waals surface area (Å²) in [6.07, 6.45) is 2.47. The summed E-state index contributed by atoms with van der Waals surface area (Å²) in [6.45, 7) is 7.43. The number of alkyl carbamates (subject to hydrolysis) is 1. The number of ether oxygens (including phenoxy) is 2. The molecule has 0 aliphatic rings. The third kappa shape index (κ3) is 7.25. The van der Waals surface area contributed by atoms with Gasteiger partial charge in [0.25, 0.3) is 0 Å². The summed E-state index contributed by atoms with van der Waals surface area (Å²) >= 11 is 0. The van der Waals surface area contributed by atoms with Crippen LogP contribution in [0.5, 0.6) is 0 Å². The van der Waals surface area contributed by atoms with E-state index in [1.807, 2.05) is 48.7 Å². The first-order valence-electron chi connectivity index (χ1n) is 13.6. The van der Waals surface area contributed by atoms with E-state index in [4.69, 9.17) is 9.47 Å². The summed E-state index contributed by atoms with van der Waals surface area (Å²) in [5, 5.41) is 17.4. The highest BCUT2D eigenvalue weighted by molar-refractivity contribution is 5.97. The predicted molar refractivity (Wildman–Crippen MR) is 161 cm³/mol. The Morgan fingerprint density at radius 1 is 1.02 bits per heavy atom. The third-order valence-corrected chi connectivity index (χ3v) is 6.76. The zero-order valence-electron chi connectivity index (χ0n) is 24.1. The molecule has 8 nitrogen and oxygen atoms in total. The molecular formula is C33H36N4O4. The highest BCUT2D eigenvalue weighted by atomic mass is 16.6. The molecule has 4 rings (SSSR count). The van der Waals surface area contributed by atoms with Crippen molar-refractivity contribution in [2.24, 2.45) is 0 Å². The maximum atomic E-state index is 12.9. The zero-order chi connectivity index (χ0) is 29.6. The van der Waals surface area contributed by atoms with E-state index >= 15 is 0 Å². The fourth-order valence-corrected chi connectivity index (χ4v) is 4.74. The molecule has 4 aromatic rings. The number of H-pyrrole nitrogens is 1. The average Bonchev–Trinajstić information content (AvgIpc) is 3.37. The number of nitrogens with zero attached hydrogens (tertiary/aromatic N) is 1. The van der Waals surface area contributed by atoms with Crippen molar-refractivity contribution >= 4 is 28.7 Å². The summed E-state index contributed by atoms with van der Waals surface area (Å²) in [6, 6.07) is 22.1. The maximum Gasteiger partial charge on any atom is 0.407 e. The molecular weight excluding hydrogens is 516 g/mol. The molecule has 1 heterocycles. The Morgan fingerprint density at radius 2 is 1.78 bits per heavy atom. The maximum absolute atomic E-state index is 12.9. The normalized spacial score (nSPS) is 12.7. The van der Waals surface area contributed by atoms with Crippen molar-refractivity contribution < 1.29 is 19.1 Å². The van der Waals surface area contributed by atoms with Gasteiger partial charge in [0, 0.05) is 22.8 Å². The number of aryl methyl sites for hydroxylation is 1. The number of nitriles is 1. The molecule has 0 saturated carbocycles. The number of nitrogens with one attached hydrogen (secondary N) is 3. The molecule has 0 saturated heterocycles. The lowest BCUT2D eigenvalue weighted by atomic mass is 9.97. The summed E-state index contributed by atoms with van der Waals surface area (Å²) in [7, 11) is 1.32. The Hall–Kier alpha value is -4.77. The summed E-state index contributed by atoms with van der Waals surface area (Å²) in [5.41, 5.74) is 4.89. The number of para-hydroxylation sites is 1. The van der Waals surface area contributed by atoms with Gasteiger partial charge in [-0.25, -0.2) is 9.59 Å². The highest BCUT2D eigenvalue weighted by Gasteiger charge is 2.28. The lowest BCUT2D eigenvalue weighted by molar-refractivity contribution is 0.0501.